The Morgan fingerprint density at radius 1 is 0.256 bits per heavy atom. The fourth-order valence-electron chi connectivity index (χ4n) is 10.3. The normalized spacial score (nSPS) is 12.3. The van der Waals surface area contributed by atoms with Gasteiger partial charge in [-0.25, -0.2) is 0 Å². The van der Waals surface area contributed by atoms with Crippen molar-refractivity contribution in [2.24, 2.45) is 0 Å². The van der Waals surface area contributed by atoms with Gasteiger partial charge in [0.15, 0.2) is 6.10 Å². The molecule has 0 bridgehead atoms. The maximum Gasteiger partial charge on any atom is 0.306 e. The van der Waals surface area contributed by atoms with Crippen LogP contribution in [-0.4, -0.2) is 37.2 Å². The molecule has 0 aromatic heterocycles. The zero-order valence-electron chi connectivity index (χ0n) is 52.5. The van der Waals surface area contributed by atoms with Gasteiger partial charge < -0.3 is 14.2 Å². The number of hydrogen-bond acceptors (Lipinski definition) is 6. The molecule has 6 heteroatoms. The first-order chi connectivity index (χ1) is 38.5. The topological polar surface area (TPSA) is 78.9 Å². The van der Waals surface area contributed by atoms with E-state index in [1.165, 1.54) is 244 Å². The Morgan fingerprint density at radius 2 is 0.487 bits per heavy atom. The predicted molar refractivity (Wildman–Crippen MR) is 339 cm³/mol. The lowest BCUT2D eigenvalue weighted by molar-refractivity contribution is -0.167. The molecule has 0 heterocycles. The van der Waals surface area contributed by atoms with E-state index < -0.39 is 6.10 Å². The first-order valence-electron chi connectivity index (χ1n) is 34.6. The fourth-order valence-corrected chi connectivity index (χ4v) is 10.3. The number of allylic oxidation sites excluding steroid dienone is 8. The molecule has 0 rings (SSSR count). The lowest BCUT2D eigenvalue weighted by Crippen LogP contribution is -2.30. The number of rotatable bonds is 64. The third kappa shape index (κ3) is 64.2. The van der Waals surface area contributed by atoms with Gasteiger partial charge in [0.1, 0.15) is 13.2 Å². The Balaban J connectivity index is 4.20. The van der Waals surface area contributed by atoms with Gasteiger partial charge in [-0.15, -0.1) is 0 Å². The Morgan fingerprint density at radius 3 is 0.782 bits per heavy atom. The molecule has 0 radical (unpaired) electrons. The summed E-state index contributed by atoms with van der Waals surface area (Å²) in [5.74, 6) is -0.872. The van der Waals surface area contributed by atoms with Gasteiger partial charge in [0.25, 0.3) is 0 Å². The molecule has 0 aromatic rings. The minimum absolute atomic E-state index is 0.0757. The molecule has 6 nitrogen and oxygen atoms in total. The van der Waals surface area contributed by atoms with Gasteiger partial charge in [-0.2, -0.15) is 0 Å². The fraction of sp³-hybridized carbons (Fsp3) is 0.847. The summed E-state index contributed by atoms with van der Waals surface area (Å²) < 4.78 is 17.0. The van der Waals surface area contributed by atoms with Gasteiger partial charge >= 0.3 is 17.9 Å². The number of hydrogen-bond donors (Lipinski definition) is 0. The molecule has 78 heavy (non-hydrogen) atoms. The average Bonchev–Trinajstić information content (AvgIpc) is 3.44. The van der Waals surface area contributed by atoms with Gasteiger partial charge in [0.05, 0.1) is 0 Å². The summed E-state index contributed by atoms with van der Waals surface area (Å²) in [6.45, 7) is 6.60. The third-order valence-corrected chi connectivity index (χ3v) is 15.5. The summed E-state index contributed by atoms with van der Waals surface area (Å²) in [5, 5.41) is 0. The van der Waals surface area contributed by atoms with Crippen LogP contribution in [0.2, 0.25) is 0 Å². The van der Waals surface area contributed by atoms with Gasteiger partial charge in [-0.1, -0.05) is 326 Å². The zero-order chi connectivity index (χ0) is 56.4. The van der Waals surface area contributed by atoms with Gasteiger partial charge in [0.2, 0.25) is 0 Å². The summed E-state index contributed by atoms with van der Waals surface area (Å²) >= 11 is 0. The zero-order valence-corrected chi connectivity index (χ0v) is 52.5. The van der Waals surface area contributed by atoms with Crippen LogP contribution in [-0.2, 0) is 28.6 Å². The van der Waals surface area contributed by atoms with Crippen molar-refractivity contribution in [1.29, 1.82) is 0 Å². The van der Waals surface area contributed by atoms with Crippen molar-refractivity contribution in [1.82, 2.24) is 0 Å². The Hall–Kier alpha value is -2.63. The molecule has 0 aliphatic rings. The Labute approximate surface area is 486 Å². The second-order valence-electron chi connectivity index (χ2n) is 23.4. The highest BCUT2D eigenvalue weighted by molar-refractivity contribution is 5.71. The van der Waals surface area contributed by atoms with E-state index in [0.717, 1.165) is 89.9 Å². The molecule has 456 valence electrons. The van der Waals surface area contributed by atoms with Crippen LogP contribution in [0, 0.1) is 0 Å². The van der Waals surface area contributed by atoms with E-state index in [1.54, 1.807) is 0 Å². The lowest BCUT2D eigenvalue weighted by atomic mass is 10.0. The molecule has 0 saturated heterocycles. The number of ether oxygens (including phenoxy) is 3. The summed E-state index contributed by atoms with van der Waals surface area (Å²) in [4.78, 5) is 38.4. The maximum atomic E-state index is 12.9. The second kappa shape index (κ2) is 66.9. The minimum Gasteiger partial charge on any atom is -0.462 e. The standard InChI is InChI=1S/C72H132O6/c1-4-7-10-13-16-19-22-25-27-29-31-32-33-34-35-36-37-38-39-41-42-44-47-50-53-56-59-62-65-71(74)77-68-69(67-76-70(73)64-61-58-55-52-49-46-24-21-18-15-12-9-6-3)78-72(75)66-63-60-57-54-51-48-45-43-40-30-28-26-23-20-17-14-11-8-5-2/h12,15,17,20-21,24,26,28,69H,4-11,13-14,16,18-19,22-23,25,27,29-68H2,1-3H3/b15-12-,20-17-,24-21-,28-26-. The van der Waals surface area contributed by atoms with E-state index >= 15 is 0 Å². The maximum absolute atomic E-state index is 12.9. The van der Waals surface area contributed by atoms with Crippen LogP contribution < -0.4 is 0 Å². The van der Waals surface area contributed by atoms with E-state index in [2.05, 4.69) is 69.4 Å². The van der Waals surface area contributed by atoms with E-state index in [1.807, 2.05) is 0 Å². The van der Waals surface area contributed by atoms with Crippen molar-refractivity contribution in [3.05, 3.63) is 48.6 Å². The van der Waals surface area contributed by atoms with Gasteiger partial charge in [0, 0.05) is 19.3 Å². The molecular formula is C72H132O6. The molecule has 0 fully saturated rings. The predicted octanol–water partition coefficient (Wildman–Crippen LogP) is 23.7. The van der Waals surface area contributed by atoms with Crippen LogP contribution in [0.3, 0.4) is 0 Å². The molecule has 1 unspecified atom stereocenters. The average molecular weight is 1090 g/mol. The second-order valence-corrected chi connectivity index (χ2v) is 23.4. The Bertz CT molecular complexity index is 1350. The van der Waals surface area contributed by atoms with E-state index in [9.17, 15) is 14.4 Å². The van der Waals surface area contributed by atoms with Crippen molar-refractivity contribution in [2.45, 2.75) is 380 Å². The number of unbranched alkanes of at least 4 members (excludes halogenated alkanes) is 45. The quantitative estimate of drug-likeness (QED) is 0.0261. The van der Waals surface area contributed by atoms with Crippen LogP contribution in [0.5, 0.6) is 0 Å². The largest absolute Gasteiger partial charge is 0.462 e. The number of carbonyl (C=O) groups excluding carboxylic acids is 3. The first kappa shape index (κ1) is 75.4. The lowest BCUT2D eigenvalue weighted by Gasteiger charge is -2.18. The first-order valence-corrected chi connectivity index (χ1v) is 34.6. The molecule has 0 aliphatic heterocycles. The number of esters is 3. The van der Waals surface area contributed by atoms with Crippen molar-refractivity contribution < 1.29 is 28.6 Å². The van der Waals surface area contributed by atoms with Crippen molar-refractivity contribution in [3.8, 4) is 0 Å². The summed E-state index contributed by atoms with van der Waals surface area (Å²) in [6.07, 6.45) is 84.3. The van der Waals surface area contributed by atoms with E-state index in [-0.39, 0.29) is 31.1 Å². The molecule has 0 spiro atoms. The summed E-state index contributed by atoms with van der Waals surface area (Å²) in [7, 11) is 0. The molecule has 0 amide bonds. The van der Waals surface area contributed by atoms with Gasteiger partial charge in [-0.3, -0.25) is 14.4 Å². The molecule has 1 atom stereocenters. The SMILES string of the molecule is CCC/C=C\C/C=C\CCCCCCCC(=O)OCC(COC(=O)CCCCCCCCCCCCCCCCCCCCCCCCCCCCCC)OC(=O)CCCCCCCCCCC/C=C\C/C=C\CCCCC. The monoisotopic (exact) mass is 1090 g/mol. The third-order valence-electron chi connectivity index (χ3n) is 15.5. The van der Waals surface area contributed by atoms with Crippen molar-refractivity contribution in [3.63, 3.8) is 0 Å². The minimum atomic E-state index is -0.781. The number of carbonyl (C=O) groups is 3. The highest BCUT2D eigenvalue weighted by Gasteiger charge is 2.19. The molecule has 0 N–H and O–H groups in total. The van der Waals surface area contributed by atoms with Crippen molar-refractivity contribution in [2.75, 3.05) is 13.2 Å². The Kier molecular flexibility index (Phi) is 64.6. The molecule has 0 aromatic carbocycles. The van der Waals surface area contributed by atoms with Crippen molar-refractivity contribution >= 4 is 17.9 Å². The molecular weight excluding hydrogens is 961 g/mol. The molecule has 0 saturated carbocycles. The van der Waals surface area contributed by atoms with E-state index in [4.69, 9.17) is 14.2 Å². The van der Waals surface area contributed by atoms with Crippen LogP contribution in [0.15, 0.2) is 48.6 Å². The summed E-state index contributed by atoms with van der Waals surface area (Å²) in [5.41, 5.74) is 0. The highest BCUT2D eigenvalue weighted by Crippen LogP contribution is 2.18. The smallest absolute Gasteiger partial charge is 0.306 e. The van der Waals surface area contributed by atoms with Gasteiger partial charge in [-0.05, 0) is 77.0 Å². The van der Waals surface area contributed by atoms with Crippen LogP contribution >= 0.6 is 0 Å². The summed E-state index contributed by atoms with van der Waals surface area (Å²) in [6, 6.07) is 0. The van der Waals surface area contributed by atoms with E-state index in [0.29, 0.717) is 19.3 Å². The van der Waals surface area contributed by atoms with Crippen LogP contribution in [0.25, 0.3) is 0 Å². The van der Waals surface area contributed by atoms with Crippen LogP contribution in [0.1, 0.15) is 374 Å². The highest BCUT2D eigenvalue weighted by atomic mass is 16.6. The van der Waals surface area contributed by atoms with Crippen LogP contribution in [0.4, 0.5) is 0 Å². The molecule has 0 aliphatic carbocycles.